The fourth-order valence-corrected chi connectivity index (χ4v) is 3.23. The Hall–Kier alpha value is -1.26. The van der Waals surface area contributed by atoms with Crippen LogP contribution in [0.25, 0.3) is 0 Å². The third kappa shape index (κ3) is 4.29. The molecule has 9 nitrogen and oxygen atoms in total. The van der Waals surface area contributed by atoms with Crippen LogP contribution in [0.4, 0.5) is 0 Å². The number of carbonyl (C=O) groups excluding carboxylic acids is 2. The molecule has 2 aliphatic rings. The van der Waals surface area contributed by atoms with Gasteiger partial charge in [-0.3, -0.25) is 4.79 Å². The van der Waals surface area contributed by atoms with E-state index in [2.05, 4.69) is 5.32 Å². The number of hydrogen-bond donors (Lipinski definition) is 2. The molecule has 0 aromatic rings. The SMILES string of the molecule is COC(=O)[C@@]1(OC)CC[C@@H](NC(C)=O)[C@H]([C@H](O)[C@H]2COC(C)(C)O2)O1. The van der Waals surface area contributed by atoms with Gasteiger partial charge in [0.2, 0.25) is 5.91 Å². The van der Waals surface area contributed by atoms with Gasteiger partial charge in [-0.1, -0.05) is 0 Å². The van der Waals surface area contributed by atoms with Gasteiger partial charge in [0, 0.05) is 20.5 Å². The first-order valence-electron chi connectivity index (χ1n) is 8.22. The summed E-state index contributed by atoms with van der Waals surface area (Å²) in [6.07, 6.45) is -2.20. The Morgan fingerprint density at radius 1 is 1.28 bits per heavy atom. The van der Waals surface area contributed by atoms with Gasteiger partial charge in [0.25, 0.3) is 5.79 Å². The molecular formula is C16H27NO8. The molecule has 25 heavy (non-hydrogen) atoms. The van der Waals surface area contributed by atoms with E-state index >= 15 is 0 Å². The van der Waals surface area contributed by atoms with Gasteiger partial charge in [0.05, 0.1) is 19.8 Å². The fraction of sp³-hybridized carbons (Fsp3) is 0.875. The highest BCUT2D eigenvalue weighted by Gasteiger charge is 2.53. The van der Waals surface area contributed by atoms with E-state index in [0.717, 1.165) is 0 Å². The topological polar surface area (TPSA) is 113 Å². The molecule has 0 spiro atoms. The Labute approximate surface area is 146 Å². The van der Waals surface area contributed by atoms with Gasteiger partial charge in [-0.05, 0) is 20.3 Å². The average Bonchev–Trinajstić information content (AvgIpc) is 2.93. The van der Waals surface area contributed by atoms with Gasteiger partial charge in [0.15, 0.2) is 5.79 Å². The summed E-state index contributed by atoms with van der Waals surface area (Å²) < 4.78 is 27.0. The third-order valence-electron chi connectivity index (χ3n) is 4.47. The summed E-state index contributed by atoms with van der Waals surface area (Å²) in [4.78, 5) is 23.6. The van der Waals surface area contributed by atoms with Crippen molar-refractivity contribution in [2.75, 3.05) is 20.8 Å². The van der Waals surface area contributed by atoms with Crippen molar-refractivity contribution in [3.63, 3.8) is 0 Å². The molecule has 144 valence electrons. The summed E-state index contributed by atoms with van der Waals surface area (Å²) in [6, 6.07) is -0.507. The maximum atomic E-state index is 12.1. The van der Waals surface area contributed by atoms with Crippen molar-refractivity contribution in [3.05, 3.63) is 0 Å². The summed E-state index contributed by atoms with van der Waals surface area (Å²) in [5, 5.41) is 13.5. The molecule has 2 fully saturated rings. The van der Waals surface area contributed by atoms with Crippen LogP contribution in [0.1, 0.15) is 33.6 Å². The summed E-state index contributed by atoms with van der Waals surface area (Å²) >= 11 is 0. The van der Waals surface area contributed by atoms with Gasteiger partial charge in [-0.15, -0.1) is 0 Å². The molecule has 2 saturated heterocycles. The van der Waals surface area contributed by atoms with E-state index < -0.39 is 41.9 Å². The van der Waals surface area contributed by atoms with Crippen LogP contribution >= 0.6 is 0 Å². The van der Waals surface area contributed by atoms with Gasteiger partial charge in [-0.2, -0.15) is 0 Å². The minimum atomic E-state index is -1.63. The maximum absolute atomic E-state index is 12.1. The molecule has 0 aliphatic carbocycles. The van der Waals surface area contributed by atoms with E-state index in [4.69, 9.17) is 23.7 Å². The van der Waals surface area contributed by atoms with Crippen LogP contribution < -0.4 is 5.32 Å². The largest absolute Gasteiger partial charge is 0.465 e. The molecule has 2 N–H and O–H groups in total. The number of hydrogen-bond acceptors (Lipinski definition) is 8. The first-order chi connectivity index (χ1) is 11.6. The molecule has 5 atom stereocenters. The number of nitrogens with one attached hydrogen (secondary N) is 1. The number of aliphatic hydroxyl groups is 1. The molecule has 0 bridgehead atoms. The van der Waals surface area contributed by atoms with E-state index in [9.17, 15) is 14.7 Å². The molecule has 0 saturated carbocycles. The quantitative estimate of drug-likeness (QED) is 0.642. The van der Waals surface area contributed by atoms with E-state index in [1.165, 1.54) is 21.1 Å². The first-order valence-corrected chi connectivity index (χ1v) is 8.22. The van der Waals surface area contributed by atoms with Gasteiger partial charge < -0.3 is 34.1 Å². The van der Waals surface area contributed by atoms with Crippen LogP contribution in [-0.2, 0) is 33.3 Å². The lowest BCUT2D eigenvalue weighted by Gasteiger charge is -2.44. The minimum Gasteiger partial charge on any atom is -0.465 e. The Morgan fingerprint density at radius 2 is 1.96 bits per heavy atom. The van der Waals surface area contributed by atoms with Crippen molar-refractivity contribution in [2.45, 2.75) is 69.5 Å². The lowest BCUT2D eigenvalue weighted by Crippen LogP contribution is -2.62. The van der Waals surface area contributed by atoms with E-state index in [0.29, 0.717) is 6.42 Å². The lowest BCUT2D eigenvalue weighted by molar-refractivity contribution is -0.291. The van der Waals surface area contributed by atoms with Crippen LogP contribution in [0, 0.1) is 0 Å². The molecular weight excluding hydrogens is 334 g/mol. The van der Waals surface area contributed by atoms with Crippen LogP contribution in [0.2, 0.25) is 0 Å². The van der Waals surface area contributed by atoms with Crippen molar-refractivity contribution in [3.8, 4) is 0 Å². The summed E-state index contributed by atoms with van der Waals surface area (Å²) in [6.45, 7) is 5.01. The molecule has 0 unspecified atom stereocenters. The molecule has 0 aromatic carbocycles. The van der Waals surface area contributed by atoms with Crippen LogP contribution in [0.3, 0.4) is 0 Å². The zero-order valence-electron chi connectivity index (χ0n) is 15.2. The second kappa shape index (κ2) is 7.55. The molecule has 0 aromatic heterocycles. The van der Waals surface area contributed by atoms with E-state index in [1.54, 1.807) is 13.8 Å². The predicted molar refractivity (Wildman–Crippen MR) is 84.4 cm³/mol. The molecule has 2 aliphatic heterocycles. The first kappa shape index (κ1) is 20.1. The number of ether oxygens (including phenoxy) is 5. The van der Waals surface area contributed by atoms with Gasteiger partial charge >= 0.3 is 5.97 Å². The summed E-state index contributed by atoms with van der Waals surface area (Å²) in [5.41, 5.74) is 0. The number of esters is 1. The van der Waals surface area contributed by atoms with E-state index in [-0.39, 0.29) is 18.9 Å². The molecule has 1 amide bonds. The molecule has 2 heterocycles. The smallest absolute Gasteiger partial charge is 0.366 e. The van der Waals surface area contributed by atoms with E-state index in [1.807, 2.05) is 0 Å². The zero-order chi connectivity index (χ0) is 18.8. The van der Waals surface area contributed by atoms with Crippen molar-refractivity contribution in [1.29, 1.82) is 0 Å². The molecule has 0 radical (unpaired) electrons. The number of rotatable bonds is 5. The summed E-state index contributed by atoms with van der Waals surface area (Å²) in [7, 11) is 2.56. The van der Waals surface area contributed by atoms with Crippen molar-refractivity contribution < 1.29 is 38.4 Å². The van der Waals surface area contributed by atoms with Crippen molar-refractivity contribution in [1.82, 2.24) is 5.32 Å². The van der Waals surface area contributed by atoms with Gasteiger partial charge in [-0.25, -0.2) is 4.79 Å². The highest BCUT2D eigenvalue weighted by molar-refractivity contribution is 5.78. The maximum Gasteiger partial charge on any atom is 0.366 e. The zero-order valence-corrected chi connectivity index (χ0v) is 15.2. The standard InChI is InChI=1S/C16H27NO8/c1-9(18)17-10-6-7-16(22-5,14(20)21-4)25-13(10)12(19)11-8-23-15(2,3)24-11/h10-13,19H,6-8H2,1-5H3,(H,17,18)/t10-,11-,12-,13-,16-/m1/s1. The number of methoxy groups -OCH3 is 2. The molecule has 9 heteroatoms. The Balaban J connectivity index is 2.23. The van der Waals surface area contributed by atoms with Crippen molar-refractivity contribution >= 4 is 11.9 Å². The second-order valence-corrected chi connectivity index (χ2v) is 6.73. The lowest BCUT2D eigenvalue weighted by atomic mass is 9.91. The highest BCUT2D eigenvalue weighted by Crippen LogP contribution is 2.35. The molecule has 2 rings (SSSR count). The van der Waals surface area contributed by atoms with Crippen LogP contribution in [-0.4, -0.2) is 73.7 Å². The monoisotopic (exact) mass is 361 g/mol. The normalized spacial score (nSPS) is 35.8. The average molecular weight is 361 g/mol. The fourth-order valence-electron chi connectivity index (χ4n) is 3.23. The van der Waals surface area contributed by atoms with Crippen LogP contribution in [0.5, 0.6) is 0 Å². The Morgan fingerprint density at radius 3 is 2.44 bits per heavy atom. The Kier molecular flexibility index (Phi) is 6.05. The van der Waals surface area contributed by atoms with Crippen molar-refractivity contribution in [2.24, 2.45) is 0 Å². The second-order valence-electron chi connectivity index (χ2n) is 6.73. The summed E-state index contributed by atoms with van der Waals surface area (Å²) in [5.74, 6) is -3.43. The number of aliphatic hydroxyl groups excluding tert-OH is 1. The van der Waals surface area contributed by atoms with Gasteiger partial charge in [0.1, 0.15) is 18.3 Å². The predicted octanol–water partition coefficient (Wildman–Crippen LogP) is -0.302. The third-order valence-corrected chi connectivity index (χ3v) is 4.47. The van der Waals surface area contributed by atoms with Crippen LogP contribution in [0.15, 0.2) is 0 Å². The number of carbonyl (C=O) groups is 2. The number of amides is 1. The Bertz CT molecular complexity index is 510. The minimum absolute atomic E-state index is 0.166. The highest BCUT2D eigenvalue weighted by atomic mass is 16.8.